The maximum absolute atomic E-state index is 11.7. The number of thioether (sulfide) groups is 1. The van der Waals surface area contributed by atoms with Gasteiger partial charge in [-0.15, -0.1) is 11.8 Å². The zero-order valence-electron chi connectivity index (χ0n) is 10.5. The van der Waals surface area contributed by atoms with Crippen LogP contribution in [0.15, 0.2) is 59.5 Å². The first-order valence-electron chi connectivity index (χ1n) is 5.94. The second-order valence-electron chi connectivity index (χ2n) is 4.01. The molecule has 0 unspecified atom stereocenters. The summed E-state index contributed by atoms with van der Waals surface area (Å²) in [5.74, 6) is -1.07. The molecule has 1 amide bonds. The van der Waals surface area contributed by atoms with Gasteiger partial charge in [-0.05, 0) is 29.8 Å². The molecular weight excluding hydrogens is 274 g/mol. The Balaban J connectivity index is 1.86. The van der Waals surface area contributed by atoms with Gasteiger partial charge in [-0.2, -0.15) is 0 Å². The number of hydrogen-bond acceptors (Lipinski definition) is 4. The molecular formula is C15H12NO3S-. The van der Waals surface area contributed by atoms with Crippen LogP contribution in [-0.4, -0.2) is 17.6 Å². The lowest BCUT2D eigenvalue weighted by atomic mass is 10.2. The molecule has 0 aromatic heterocycles. The first-order valence-corrected chi connectivity index (χ1v) is 6.93. The standard InChI is InChI=1S/C15H13NO3S/c17-14(10-20-13-4-2-1-3-5-13)16-12-8-6-11(7-9-12)15(18)19/h1-9H,10H2,(H,16,17)(H,18,19)/p-1. The van der Waals surface area contributed by atoms with Crippen LogP contribution < -0.4 is 10.4 Å². The lowest BCUT2D eigenvalue weighted by Gasteiger charge is -2.07. The fourth-order valence-electron chi connectivity index (χ4n) is 1.55. The zero-order valence-corrected chi connectivity index (χ0v) is 11.4. The molecule has 0 bridgehead atoms. The van der Waals surface area contributed by atoms with Crippen molar-refractivity contribution >= 4 is 29.3 Å². The number of nitrogens with one attached hydrogen (secondary N) is 1. The van der Waals surface area contributed by atoms with Crippen LogP contribution >= 0.6 is 11.8 Å². The normalized spacial score (nSPS) is 10.0. The number of anilines is 1. The molecule has 0 fully saturated rings. The Bertz CT molecular complexity index is 596. The molecule has 0 saturated heterocycles. The lowest BCUT2D eigenvalue weighted by molar-refractivity contribution is -0.255. The fourth-order valence-corrected chi connectivity index (χ4v) is 2.27. The number of benzene rings is 2. The van der Waals surface area contributed by atoms with Crippen molar-refractivity contribution in [2.45, 2.75) is 4.90 Å². The first-order chi connectivity index (χ1) is 9.65. The molecule has 0 aliphatic carbocycles. The van der Waals surface area contributed by atoms with Crippen LogP contribution in [0.4, 0.5) is 5.69 Å². The number of rotatable bonds is 5. The fraction of sp³-hybridized carbons (Fsp3) is 0.0667. The van der Waals surface area contributed by atoms with E-state index in [9.17, 15) is 14.7 Å². The first kappa shape index (κ1) is 14.1. The third-order valence-corrected chi connectivity index (χ3v) is 3.53. The molecule has 0 aliphatic heterocycles. The van der Waals surface area contributed by atoms with Crippen LogP contribution in [0.2, 0.25) is 0 Å². The molecule has 2 rings (SSSR count). The highest BCUT2D eigenvalue weighted by Crippen LogP contribution is 2.17. The van der Waals surface area contributed by atoms with Gasteiger partial charge in [0.2, 0.25) is 5.91 Å². The van der Waals surface area contributed by atoms with Gasteiger partial charge in [0, 0.05) is 10.6 Å². The van der Waals surface area contributed by atoms with E-state index >= 15 is 0 Å². The molecule has 102 valence electrons. The quantitative estimate of drug-likeness (QED) is 0.851. The van der Waals surface area contributed by atoms with E-state index in [0.717, 1.165) is 4.90 Å². The number of carboxylic acid groups (broad SMARTS) is 1. The van der Waals surface area contributed by atoms with E-state index in [-0.39, 0.29) is 11.5 Å². The highest BCUT2D eigenvalue weighted by atomic mass is 32.2. The predicted molar refractivity (Wildman–Crippen MR) is 76.6 cm³/mol. The average molecular weight is 286 g/mol. The molecule has 20 heavy (non-hydrogen) atoms. The van der Waals surface area contributed by atoms with Crippen molar-refractivity contribution in [3.8, 4) is 0 Å². The van der Waals surface area contributed by atoms with Crippen LogP contribution in [-0.2, 0) is 4.79 Å². The van der Waals surface area contributed by atoms with E-state index in [1.807, 2.05) is 30.3 Å². The number of aromatic carboxylic acids is 1. The smallest absolute Gasteiger partial charge is 0.234 e. The molecule has 2 aromatic rings. The Morgan fingerprint density at radius 2 is 1.65 bits per heavy atom. The van der Waals surface area contributed by atoms with Crippen molar-refractivity contribution in [1.82, 2.24) is 0 Å². The molecule has 0 radical (unpaired) electrons. The third-order valence-electron chi connectivity index (χ3n) is 2.52. The number of hydrogen-bond donors (Lipinski definition) is 1. The number of amides is 1. The van der Waals surface area contributed by atoms with Crippen molar-refractivity contribution in [1.29, 1.82) is 0 Å². The molecule has 5 heteroatoms. The Morgan fingerprint density at radius 1 is 1.00 bits per heavy atom. The third kappa shape index (κ3) is 4.13. The monoisotopic (exact) mass is 286 g/mol. The van der Waals surface area contributed by atoms with Crippen molar-refractivity contribution in [2.75, 3.05) is 11.1 Å². The summed E-state index contributed by atoms with van der Waals surface area (Å²) in [6, 6.07) is 15.5. The van der Waals surface area contributed by atoms with E-state index in [1.165, 1.54) is 36.0 Å². The maximum atomic E-state index is 11.7. The predicted octanol–water partition coefficient (Wildman–Crippen LogP) is 1.78. The summed E-state index contributed by atoms with van der Waals surface area (Å²) in [7, 11) is 0. The average Bonchev–Trinajstić information content (AvgIpc) is 2.47. The van der Waals surface area contributed by atoms with Gasteiger partial charge < -0.3 is 15.2 Å². The van der Waals surface area contributed by atoms with Gasteiger partial charge in [0.1, 0.15) is 0 Å². The Labute approximate surface area is 120 Å². The van der Waals surface area contributed by atoms with E-state index in [2.05, 4.69) is 5.32 Å². The van der Waals surface area contributed by atoms with E-state index in [0.29, 0.717) is 11.4 Å². The van der Waals surface area contributed by atoms with E-state index < -0.39 is 5.97 Å². The number of carbonyl (C=O) groups is 2. The Kier molecular flexibility index (Phi) is 4.79. The summed E-state index contributed by atoms with van der Waals surface area (Å²) in [5.41, 5.74) is 0.648. The summed E-state index contributed by atoms with van der Waals surface area (Å²) in [6.45, 7) is 0. The summed E-state index contributed by atoms with van der Waals surface area (Å²) in [5, 5.41) is 13.3. The van der Waals surface area contributed by atoms with Crippen LogP contribution in [0.25, 0.3) is 0 Å². The maximum Gasteiger partial charge on any atom is 0.234 e. The summed E-state index contributed by atoms with van der Waals surface area (Å²) in [6.07, 6.45) is 0. The summed E-state index contributed by atoms with van der Waals surface area (Å²) >= 11 is 1.44. The molecule has 0 spiro atoms. The van der Waals surface area contributed by atoms with Crippen LogP contribution in [0.5, 0.6) is 0 Å². The molecule has 0 atom stereocenters. The minimum atomic E-state index is -1.23. The molecule has 0 aliphatic rings. The van der Waals surface area contributed by atoms with E-state index in [4.69, 9.17) is 0 Å². The van der Waals surface area contributed by atoms with Gasteiger partial charge in [0.15, 0.2) is 0 Å². The van der Waals surface area contributed by atoms with Gasteiger partial charge >= 0.3 is 0 Å². The van der Waals surface area contributed by atoms with Crippen molar-refractivity contribution in [2.24, 2.45) is 0 Å². The zero-order chi connectivity index (χ0) is 14.4. The summed E-state index contributed by atoms with van der Waals surface area (Å²) in [4.78, 5) is 23.4. The molecule has 4 nitrogen and oxygen atoms in total. The largest absolute Gasteiger partial charge is 0.545 e. The van der Waals surface area contributed by atoms with Gasteiger partial charge in [0.05, 0.1) is 11.7 Å². The molecule has 0 saturated carbocycles. The molecule has 0 heterocycles. The van der Waals surface area contributed by atoms with Crippen molar-refractivity contribution in [3.63, 3.8) is 0 Å². The Hall–Kier alpha value is -2.27. The minimum absolute atomic E-state index is 0.0849. The van der Waals surface area contributed by atoms with Gasteiger partial charge in [-0.1, -0.05) is 30.3 Å². The van der Waals surface area contributed by atoms with Crippen LogP contribution in [0, 0.1) is 0 Å². The van der Waals surface area contributed by atoms with Gasteiger partial charge in [0.25, 0.3) is 0 Å². The number of carboxylic acids is 1. The second-order valence-corrected chi connectivity index (χ2v) is 5.06. The van der Waals surface area contributed by atoms with Crippen LogP contribution in [0.1, 0.15) is 10.4 Å². The van der Waals surface area contributed by atoms with E-state index in [1.54, 1.807) is 0 Å². The number of carbonyl (C=O) groups excluding carboxylic acids is 2. The minimum Gasteiger partial charge on any atom is -0.545 e. The second kappa shape index (κ2) is 6.77. The highest BCUT2D eigenvalue weighted by molar-refractivity contribution is 8.00. The highest BCUT2D eigenvalue weighted by Gasteiger charge is 2.03. The van der Waals surface area contributed by atoms with Gasteiger partial charge in [-0.25, -0.2) is 0 Å². The van der Waals surface area contributed by atoms with Gasteiger partial charge in [-0.3, -0.25) is 4.79 Å². The Morgan fingerprint density at radius 3 is 2.25 bits per heavy atom. The molecule has 2 aromatic carbocycles. The topological polar surface area (TPSA) is 69.2 Å². The van der Waals surface area contributed by atoms with Crippen LogP contribution in [0.3, 0.4) is 0 Å². The SMILES string of the molecule is O=C(CSc1ccccc1)Nc1ccc(C(=O)[O-])cc1. The molecule has 1 N–H and O–H groups in total. The summed E-state index contributed by atoms with van der Waals surface area (Å²) < 4.78 is 0. The van der Waals surface area contributed by atoms with Crippen molar-refractivity contribution in [3.05, 3.63) is 60.2 Å². The van der Waals surface area contributed by atoms with Crippen molar-refractivity contribution < 1.29 is 14.7 Å². The lowest BCUT2D eigenvalue weighted by Crippen LogP contribution is -2.22.